The first kappa shape index (κ1) is 19.2. The van der Waals surface area contributed by atoms with Crippen molar-refractivity contribution in [3.63, 3.8) is 0 Å². The maximum absolute atomic E-state index is 14.9. The van der Waals surface area contributed by atoms with Crippen LogP contribution in [-0.2, 0) is 9.31 Å². The molecular weight excluding hydrogens is 353 g/mol. The van der Waals surface area contributed by atoms with Gasteiger partial charge in [0.1, 0.15) is 17.2 Å². The summed E-state index contributed by atoms with van der Waals surface area (Å²) >= 11 is 0. The molecule has 0 spiro atoms. The molecule has 1 aromatic rings. The number of benzene rings is 1. The monoisotopic (exact) mass is 373 g/mol. The number of alkyl halides is 2. The van der Waals surface area contributed by atoms with Crippen molar-refractivity contribution < 1.29 is 31.7 Å². The zero-order valence-corrected chi connectivity index (χ0v) is 15.0. The first-order chi connectivity index (χ1) is 11.8. The Labute approximate surface area is 149 Å². The number of carbonyl (C=O) groups is 1. The minimum Gasteiger partial charge on any atom is -0.399 e. The zero-order valence-electron chi connectivity index (χ0n) is 15.0. The molecule has 0 atom stereocenters. The Morgan fingerprint density at radius 2 is 1.65 bits per heavy atom. The molecule has 26 heavy (non-hydrogen) atoms. The molecule has 1 aliphatic heterocycles. The summed E-state index contributed by atoms with van der Waals surface area (Å²) in [4.78, 5) is 12.2. The molecule has 2 fully saturated rings. The quantitative estimate of drug-likeness (QED) is 0.655. The van der Waals surface area contributed by atoms with E-state index in [0.717, 1.165) is 12.1 Å². The Morgan fingerprint density at radius 1 is 1.12 bits per heavy atom. The molecule has 0 aromatic heterocycles. The van der Waals surface area contributed by atoms with E-state index in [4.69, 9.17) is 9.31 Å². The summed E-state index contributed by atoms with van der Waals surface area (Å²) in [5.41, 5.74) is -2.42. The minimum absolute atomic E-state index is 0.117. The highest BCUT2D eigenvalue weighted by molar-refractivity contribution is 6.62. The van der Waals surface area contributed by atoms with Crippen LogP contribution in [0.15, 0.2) is 12.1 Å². The van der Waals surface area contributed by atoms with Gasteiger partial charge in [0, 0.05) is 24.3 Å². The number of hydrogen-bond donors (Lipinski definition) is 1. The third-order valence-electron chi connectivity index (χ3n) is 5.28. The van der Waals surface area contributed by atoms with Crippen LogP contribution in [0.3, 0.4) is 0 Å². The van der Waals surface area contributed by atoms with Crippen molar-refractivity contribution in [2.75, 3.05) is 0 Å². The van der Waals surface area contributed by atoms with E-state index in [9.17, 15) is 22.4 Å². The molecule has 142 valence electrons. The highest BCUT2D eigenvalue weighted by atomic mass is 19.3. The smallest absolute Gasteiger partial charge is 0.399 e. The number of halogens is 4. The molecule has 4 nitrogen and oxygen atoms in total. The van der Waals surface area contributed by atoms with E-state index in [0.29, 0.717) is 0 Å². The van der Waals surface area contributed by atoms with Crippen LogP contribution in [0.5, 0.6) is 0 Å². The van der Waals surface area contributed by atoms with Gasteiger partial charge in [-0.05, 0) is 33.8 Å². The van der Waals surface area contributed by atoms with Crippen molar-refractivity contribution in [3.8, 4) is 0 Å². The number of hydrogen-bond acceptors (Lipinski definition) is 3. The van der Waals surface area contributed by atoms with Crippen molar-refractivity contribution in [2.24, 2.45) is 0 Å². The van der Waals surface area contributed by atoms with Crippen LogP contribution < -0.4 is 10.8 Å². The molecule has 1 aliphatic carbocycles. The van der Waals surface area contributed by atoms with Gasteiger partial charge < -0.3 is 14.6 Å². The summed E-state index contributed by atoms with van der Waals surface area (Å²) in [5, 5.41) is 2.24. The fourth-order valence-corrected chi connectivity index (χ4v) is 2.95. The maximum Gasteiger partial charge on any atom is 0.497 e. The summed E-state index contributed by atoms with van der Waals surface area (Å²) in [6.45, 7) is 7.11. The van der Waals surface area contributed by atoms with Crippen LogP contribution in [0, 0.1) is 11.6 Å². The lowest BCUT2D eigenvalue weighted by Crippen LogP contribution is -2.51. The predicted molar refractivity (Wildman–Crippen MR) is 87.5 cm³/mol. The Bertz CT molecular complexity index is 730. The van der Waals surface area contributed by atoms with Gasteiger partial charge in [0.2, 0.25) is 0 Å². The lowest BCUT2D eigenvalue weighted by Gasteiger charge is -2.35. The highest BCUT2D eigenvalue weighted by Crippen LogP contribution is 2.38. The summed E-state index contributed by atoms with van der Waals surface area (Å²) < 4.78 is 66.1. The topological polar surface area (TPSA) is 47.6 Å². The van der Waals surface area contributed by atoms with Crippen LogP contribution in [0.25, 0.3) is 0 Å². The number of carbonyl (C=O) groups excluding carboxylic acids is 1. The van der Waals surface area contributed by atoms with E-state index in [1.54, 1.807) is 27.7 Å². The van der Waals surface area contributed by atoms with E-state index in [-0.39, 0.29) is 5.46 Å². The Morgan fingerprint density at radius 3 is 2.15 bits per heavy atom. The molecule has 0 bridgehead atoms. The molecule has 2 aliphatic rings. The van der Waals surface area contributed by atoms with Gasteiger partial charge in [-0.25, -0.2) is 17.6 Å². The van der Waals surface area contributed by atoms with Gasteiger partial charge in [-0.1, -0.05) is 6.07 Å². The summed E-state index contributed by atoms with van der Waals surface area (Å²) in [6, 6.07) is 1.28. The van der Waals surface area contributed by atoms with Crippen LogP contribution in [0.1, 0.15) is 50.9 Å². The van der Waals surface area contributed by atoms with Crippen molar-refractivity contribution in [1.82, 2.24) is 5.32 Å². The van der Waals surface area contributed by atoms with Crippen LogP contribution in [0.2, 0.25) is 0 Å². The zero-order chi connectivity index (χ0) is 19.5. The van der Waals surface area contributed by atoms with Crippen LogP contribution >= 0.6 is 0 Å². The fourth-order valence-electron chi connectivity index (χ4n) is 2.95. The highest BCUT2D eigenvalue weighted by Gasteiger charge is 2.53. The standard InChI is InChI=1S/C17H20BF4NO3/c1-15(2)16(3,4)26-18(25-15)10-5-6-11(19)12(13(10)20)14(24)23-9-7-17(21,22)8-9/h5-6,9H,7-8H2,1-4H3,(H,23,24). The Balaban J connectivity index is 1.85. The molecule has 1 aromatic carbocycles. The number of nitrogens with one attached hydrogen (secondary N) is 1. The second-order valence-electron chi connectivity index (χ2n) is 7.85. The second kappa shape index (κ2) is 5.95. The van der Waals surface area contributed by atoms with Crippen molar-refractivity contribution >= 4 is 18.5 Å². The SMILES string of the molecule is CC1(C)OB(c2ccc(F)c(C(=O)NC3CC(F)(F)C3)c2F)OC1(C)C. The molecule has 1 saturated carbocycles. The first-order valence-corrected chi connectivity index (χ1v) is 8.35. The third kappa shape index (κ3) is 3.22. The molecule has 1 N–H and O–H groups in total. The maximum atomic E-state index is 14.9. The van der Waals surface area contributed by atoms with Gasteiger partial charge in [-0.2, -0.15) is 0 Å². The molecule has 0 radical (unpaired) electrons. The average molecular weight is 373 g/mol. The normalized spacial score (nSPS) is 23.6. The largest absolute Gasteiger partial charge is 0.497 e. The van der Waals surface area contributed by atoms with Crippen LogP contribution in [-0.4, -0.2) is 36.2 Å². The summed E-state index contributed by atoms with van der Waals surface area (Å²) in [5.74, 6) is -6.11. The van der Waals surface area contributed by atoms with E-state index < -0.39 is 66.2 Å². The summed E-state index contributed by atoms with van der Waals surface area (Å²) in [7, 11) is -1.11. The first-order valence-electron chi connectivity index (χ1n) is 8.35. The Hall–Kier alpha value is -1.61. The van der Waals surface area contributed by atoms with Gasteiger partial charge in [-0.15, -0.1) is 0 Å². The predicted octanol–water partition coefficient (Wildman–Crippen LogP) is 2.79. The fraction of sp³-hybridized carbons (Fsp3) is 0.588. The average Bonchev–Trinajstić information content (AvgIpc) is 2.65. The van der Waals surface area contributed by atoms with Gasteiger partial charge in [-0.3, -0.25) is 4.79 Å². The van der Waals surface area contributed by atoms with Crippen LogP contribution in [0.4, 0.5) is 17.6 Å². The van der Waals surface area contributed by atoms with Crippen molar-refractivity contribution in [1.29, 1.82) is 0 Å². The lowest BCUT2D eigenvalue weighted by atomic mass is 9.77. The van der Waals surface area contributed by atoms with Gasteiger partial charge >= 0.3 is 7.12 Å². The molecule has 1 saturated heterocycles. The lowest BCUT2D eigenvalue weighted by molar-refractivity contribution is -0.0901. The van der Waals surface area contributed by atoms with E-state index in [2.05, 4.69) is 5.32 Å². The molecule has 1 amide bonds. The molecule has 9 heteroatoms. The molecular formula is C17H20BF4NO3. The third-order valence-corrected chi connectivity index (χ3v) is 5.28. The van der Waals surface area contributed by atoms with Crippen molar-refractivity contribution in [2.45, 2.75) is 63.7 Å². The van der Waals surface area contributed by atoms with Gasteiger partial charge in [0.05, 0.1) is 11.2 Å². The van der Waals surface area contributed by atoms with E-state index >= 15 is 0 Å². The second-order valence-corrected chi connectivity index (χ2v) is 7.85. The van der Waals surface area contributed by atoms with E-state index in [1.807, 2.05) is 0 Å². The van der Waals surface area contributed by atoms with Gasteiger partial charge in [0.25, 0.3) is 11.8 Å². The van der Waals surface area contributed by atoms with Crippen molar-refractivity contribution in [3.05, 3.63) is 29.3 Å². The molecule has 0 unspecified atom stereocenters. The summed E-state index contributed by atoms with van der Waals surface area (Å²) in [6.07, 6.45) is -1.09. The Kier molecular flexibility index (Phi) is 4.39. The van der Waals surface area contributed by atoms with E-state index in [1.165, 1.54) is 0 Å². The minimum atomic E-state index is -2.85. The van der Waals surface area contributed by atoms with Gasteiger partial charge in [0.15, 0.2) is 0 Å². The molecule has 3 rings (SSSR count). The number of rotatable bonds is 3. The molecule has 1 heterocycles. The number of amides is 1.